The first-order chi connectivity index (χ1) is 12.1. The third-order valence-corrected chi connectivity index (χ3v) is 4.81. The van der Waals surface area contributed by atoms with Crippen molar-refractivity contribution >= 4 is 22.5 Å². The SMILES string of the molecule is C[C@H]1CCc2[nH]c(=O)c(C(=O)Nc3cccc4ncccc34)cc2C1. The largest absolute Gasteiger partial charge is 0.325 e. The van der Waals surface area contributed by atoms with Gasteiger partial charge in [-0.3, -0.25) is 14.6 Å². The molecule has 0 radical (unpaired) electrons. The van der Waals surface area contributed by atoms with Crippen LogP contribution in [0.25, 0.3) is 10.9 Å². The van der Waals surface area contributed by atoms with Crippen LogP contribution in [0.15, 0.2) is 47.4 Å². The average molecular weight is 333 g/mol. The molecule has 0 bridgehead atoms. The number of nitrogens with zero attached hydrogens (tertiary/aromatic N) is 1. The van der Waals surface area contributed by atoms with Crippen LogP contribution in [0.5, 0.6) is 0 Å². The molecule has 0 spiro atoms. The molecule has 1 aliphatic rings. The number of carbonyl (C=O) groups excluding carboxylic acids is 1. The molecule has 0 aliphatic heterocycles. The van der Waals surface area contributed by atoms with Gasteiger partial charge in [0.05, 0.1) is 11.2 Å². The van der Waals surface area contributed by atoms with E-state index in [0.717, 1.165) is 41.4 Å². The van der Waals surface area contributed by atoms with Crippen molar-refractivity contribution in [3.05, 3.63) is 69.8 Å². The quantitative estimate of drug-likeness (QED) is 0.755. The first-order valence-electron chi connectivity index (χ1n) is 8.52. The number of hydrogen-bond acceptors (Lipinski definition) is 3. The monoisotopic (exact) mass is 333 g/mol. The molecule has 1 aliphatic carbocycles. The van der Waals surface area contributed by atoms with Crippen molar-refractivity contribution in [1.82, 2.24) is 9.97 Å². The molecule has 1 amide bonds. The summed E-state index contributed by atoms with van der Waals surface area (Å²) < 4.78 is 0. The summed E-state index contributed by atoms with van der Waals surface area (Å²) in [7, 11) is 0. The van der Waals surface area contributed by atoms with Crippen molar-refractivity contribution in [2.45, 2.75) is 26.2 Å². The average Bonchev–Trinajstić information content (AvgIpc) is 2.62. The molecule has 5 nitrogen and oxygen atoms in total. The van der Waals surface area contributed by atoms with E-state index in [1.807, 2.05) is 30.3 Å². The number of fused-ring (bicyclic) bond motifs is 2. The highest BCUT2D eigenvalue weighted by molar-refractivity contribution is 6.08. The Morgan fingerprint density at radius 1 is 1.28 bits per heavy atom. The first-order valence-corrected chi connectivity index (χ1v) is 8.52. The number of nitrogens with one attached hydrogen (secondary N) is 2. The maximum absolute atomic E-state index is 12.7. The number of anilines is 1. The zero-order valence-electron chi connectivity index (χ0n) is 14.0. The van der Waals surface area contributed by atoms with Crippen LogP contribution in [0.3, 0.4) is 0 Å². The van der Waals surface area contributed by atoms with E-state index in [1.165, 1.54) is 0 Å². The van der Waals surface area contributed by atoms with E-state index in [9.17, 15) is 9.59 Å². The fourth-order valence-corrected chi connectivity index (χ4v) is 3.46. The van der Waals surface area contributed by atoms with Crippen LogP contribution in [0.2, 0.25) is 0 Å². The van der Waals surface area contributed by atoms with Gasteiger partial charge in [0.1, 0.15) is 5.56 Å². The summed E-state index contributed by atoms with van der Waals surface area (Å²) >= 11 is 0. The summed E-state index contributed by atoms with van der Waals surface area (Å²) in [6.45, 7) is 2.19. The van der Waals surface area contributed by atoms with Crippen LogP contribution in [-0.4, -0.2) is 15.9 Å². The number of aryl methyl sites for hydroxylation is 1. The smallest absolute Gasteiger partial charge is 0.261 e. The summed E-state index contributed by atoms with van der Waals surface area (Å²) in [4.78, 5) is 32.2. The second-order valence-corrected chi connectivity index (χ2v) is 6.69. The third kappa shape index (κ3) is 2.93. The van der Waals surface area contributed by atoms with E-state index in [-0.39, 0.29) is 11.1 Å². The van der Waals surface area contributed by atoms with Crippen molar-refractivity contribution in [3.63, 3.8) is 0 Å². The molecule has 3 aromatic rings. The van der Waals surface area contributed by atoms with Crippen molar-refractivity contribution in [3.8, 4) is 0 Å². The Balaban J connectivity index is 1.69. The molecule has 25 heavy (non-hydrogen) atoms. The number of aromatic nitrogens is 2. The van der Waals surface area contributed by atoms with Crippen LogP contribution in [0, 0.1) is 5.92 Å². The fourth-order valence-electron chi connectivity index (χ4n) is 3.46. The van der Waals surface area contributed by atoms with E-state index in [4.69, 9.17) is 0 Å². The van der Waals surface area contributed by atoms with Gasteiger partial charge in [-0.15, -0.1) is 0 Å². The molecule has 0 saturated heterocycles. The number of H-pyrrole nitrogens is 1. The maximum Gasteiger partial charge on any atom is 0.261 e. The molecule has 2 N–H and O–H groups in total. The number of aromatic amines is 1. The summed E-state index contributed by atoms with van der Waals surface area (Å²) in [6.07, 6.45) is 4.54. The van der Waals surface area contributed by atoms with Crippen LogP contribution >= 0.6 is 0 Å². The molecular weight excluding hydrogens is 314 g/mol. The summed E-state index contributed by atoms with van der Waals surface area (Å²) in [5, 5.41) is 3.71. The molecule has 2 heterocycles. The summed E-state index contributed by atoms with van der Waals surface area (Å²) in [5.74, 6) is 0.178. The number of pyridine rings is 2. The zero-order chi connectivity index (χ0) is 17.4. The lowest BCUT2D eigenvalue weighted by atomic mass is 9.87. The Hall–Kier alpha value is -2.95. The number of rotatable bonds is 2. The lowest BCUT2D eigenvalue weighted by molar-refractivity contribution is 0.102. The number of carbonyl (C=O) groups is 1. The van der Waals surface area contributed by atoms with Gasteiger partial charge in [0, 0.05) is 17.3 Å². The third-order valence-electron chi connectivity index (χ3n) is 4.81. The predicted octanol–water partition coefficient (Wildman–Crippen LogP) is 3.30. The highest BCUT2D eigenvalue weighted by Crippen LogP contribution is 2.24. The first kappa shape index (κ1) is 15.6. The van der Waals surface area contributed by atoms with Crippen LogP contribution < -0.4 is 10.9 Å². The van der Waals surface area contributed by atoms with Crippen LogP contribution in [0.4, 0.5) is 5.69 Å². The van der Waals surface area contributed by atoms with Gasteiger partial charge < -0.3 is 10.3 Å². The Labute approximate surface area is 145 Å². The Morgan fingerprint density at radius 2 is 2.16 bits per heavy atom. The van der Waals surface area contributed by atoms with E-state index >= 15 is 0 Å². The highest BCUT2D eigenvalue weighted by atomic mass is 16.2. The molecular formula is C20H19N3O2. The normalized spacial score (nSPS) is 16.4. The molecule has 2 aromatic heterocycles. The second kappa shape index (κ2) is 6.16. The standard InChI is InChI=1S/C20H19N3O2/c1-12-7-8-16-13(10-12)11-15(19(24)22-16)20(25)23-18-6-2-5-17-14(18)4-3-9-21-17/h2-6,9,11-12H,7-8,10H2,1H3,(H,22,24)(H,23,25)/t12-/m0/s1. The van der Waals surface area contributed by atoms with Gasteiger partial charge in [-0.05, 0) is 61.1 Å². The minimum absolute atomic E-state index is 0.161. The van der Waals surface area contributed by atoms with Gasteiger partial charge in [0.25, 0.3) is 11.5 Å². The molecule has 0 fully saturated rings. The molecule has 4 rings (SSSR count). The Morgan fingerprint density at radius 3 is 3.04 bits per heavy atom. The number of hydrogen-bond donors (Lipinski definition) is 2. The molecule has 126 valence electrons. The van der Waals surface area contributed by atoms with E-state index < -0.39 is 5.91 Å². The number of amides is 1. The van der Waals surface area contributed by atoms with Crippen LogP contribution in [-0.2, 0) is 12.8 Å². The lowest BCUT2D eigenvalue weighted by Gasteiger charge is -2.21. The Kier molecular flexibility index (Phi) is 3.84. The minimum atomic E-state index is -0.390. The minimum Gasteiger partial charge on any atom is -0.325 e. The van der Waals surface area contributed by atoms with Crippen molar-refractivity contribution in [2.75, 3.05) is 5.32 Å². The Bertz CT molecular complexity index is 1020. The highest BCUT2D eigenvalue weighted by Gasteiger charge is 2.20. The number of benzene rings is 1. The zero-order valence-corrected chi connectivity index (χ0v) is 14.0. The second-order valence-electron chi connectivity index (χ2n) is 6.69. The molecule has 1 aromatic carbocycles. The van der Waals surface area contributed by atoms with Crippen molar-refractivity contribution in [1.29, 1.82) is 0 Å². The van der Waals surface area contributed by atoms with Gasteiger partial charge in [0.15, 0.2) is 0 Å². The van der Waals surface area contributed by atoms with Crippen molar-refractivity contribution in [2.24, 2.45) is 5.92 Å². The lowest BCUT2D eigenvalue weighted by Crippen LogP contribution is -2.27. The van der Waals surface area contributed by atoms with Gasteiger partial charge in [-0.25, -0.2) is 0 Å². The molecule has 0 saturated carbocycles. The fraction of sp³-hybridized carbons (Fsp3) is 0.250. The van der Waals surface area contributed by atoms with Gasteiger partial charge in [0.2, 0.25) is 0 Å². The van der Waals surface area contributed by atoms with Crippen LogP contribution in [0.1, 0.15) is 35.0 Å². The topological polar surface area (TPSA) is 74.8 Å². The predicted molar refractivity (Wildman–Crippen MR) is 97.9 cm³/mol. The summed E-state index contributed by atoms with van der Waals surface area (Å²) in [5.41, 5.74) is 3.32. The summed E-state index contributed by atoms with van der Waals surface area (Å²) in [6, 6.07) is 11.0. The van der Waals surface area contributed by atoms with Gasteiger partial charge in [-0.2, -0.15) is 0 Å². The van der Waals surface area contributed by atoms with Gasteiger partial charge >= 0.3 is 0 Å². The van der Waals surface area contributed by atoms with E-state index in [1.54, 1.807) is 12.3 Å². The van der Waals surface area contributed by atoms with Gasteiger partial charge in [-0.1, -0.05) is 13.0 Å². The van der Waals surface area contributed by atoms with E-state index in [0.29, 0.717) is 11.6 Å². The molecule has 0 unspecified atom stereocenters. The molecule has 1 atom stereocenters. The maximum atomic E-state index is 12.7. The van der Waals surface area contributed by atoms with Crippen molar-refractivity contribution < 1.29 is 4.79 Å². The molecule has 5 heteroatoms. The van der Waals surface area contributed by atoms with E-state index in [2.05, 4.69) is 22.2 Å².